The van der Waals surface area contributed by atoms with Crippen LogP contribution >= 0.6 is 0 Å². The number of hydrazone groups is 1. The molecule has 1 aliphatic heterocycles. The van der Waals surface area contributed by atoms with Crippen molar-refractivity contribution in [3.05, 3.63) is 39.4 Å². The van der Waals surface area contributed by atoms with Crippen LogP contribution in [-0.2, 0) is 9.59 Å². The Morgan fingerprint density at radius 1 is 1.48 bits per heavy atom. The van der Waals surface area contributed by atoms with Crippen molar-refractivity contribution < 1.29 is 14.5 Å². The summed E-state index contributed by atoms with van der Waals surface area (Å²) in [4.78, 5) is 34.1. The lowest BCUT2D eigenvalue weighted by Crippen LogP contribution is -2.44. The molecule has 122 valence electrons. The molecule has 1 aliphatic rings. The van der Waals surface area contributed by atoms with Crippen LogP contribution in [0.1, 0.15) is 30.9 Å². The van der Waals surface area contributed by atoms with Gasteiger partial charge >= 0.3 is 0 Å². The van der Waals surface area contributed by atoms with Crippen LogP contribution in [0.15, 0.2) is 23.3 Å². The van der Waals surface area contributed by atoms with Crippen molar-refractivity contribution in [2.45, 2.75) is 26.7 Å². The molecule has 23 heavy (non-hydrogen) atoms. The highest BCUT2D eigenvalue weighted by Gasteiger charge is 2.28. The number of carbonyl (C=O) groups is 2. The van der Waals surface area contributed by atoms with E-state index in [1.807, 2.05) is 0 Å². The Morgan fingerprint density at radius 2 is 2.22 bits per heavy atom. The zero-order chi connectivity index (χ0) is 17.0. The Balaban J connectivity index is 2.10. The first-order chi connectivity index (χ1) is 10.9. The van der Waals surface area contributed by atoms with Gasteiger partial charge in [0.2, 0.25) is 5.91 Å². The van der Waals surface area contributed by atoms with Crippen LogP contribution in [-0.4, -0.2) is 29.0 Å². The molecule has 1 heterocycles. The lowest BCUT2D eigenvalue weighted by molar-refractivity contribution is -0.385. The molecule has 1 fully saturated rings. The smallest absolute Gasteiger partial charge is 0.272 e. The largest absolute Gasteiger partial charge is 0.355 e. The number of nitrogens with zero attached hydrogens (tertiary/aromatic N) is 2. The van der Waals surface area contributed by atoms with E-state index in [0.717, 1.165) is 6.42 Å². The molecule has 0 aliphatic carbocycles. The third kappa shape index (κ3) is 3.91. The maximum Gasteiger partial charge on any atom is 0.272 e. The second kappa shape index (κ2) is 6.99. The summed E-state index contributed by atoms with van der Waals surface area (Å²) in [5.41, 5.74) is 3.87. The van der Waals surface area contributed by atoms with Crippen LogP contribution in [0.3, 0.4) is 0 Å². The molecule has 2 rings (SSSR count). The van der Waals surface area contributed by atoms with E-state index in [9.17, 15) is 19.7 Å². The van der Waals surface area contributed by atoms with E-state index in [2.05, 4.69) is 15.8 Å². The Labute approximate surface area is 133 Å². The van der Waals surface area contributed by atoms with Gasteiger partial charge in [0.1, 0.15) is 5.92 Å². The predicted molar refractivity (Wildman–Crippen MR) is 83.9 cm³/mol. The molecule has 0 bridgehead atoms. The van der Waals surface area contributed by atoms with Gasteiger partial charge in [-0.05, 0) is 26.7 Å². The highest BCUT2D eigenvalue weighted by Crippen LogP contribution is 2.19. The molecular formula is C15H18N4O4. The molecule has 0 spiro atoms. The first-order valence-corrected chi connectivity index (χ1v) is 7.27. The van der Waals surface area contributed by atoms with E-state index in [4.69, 9.17) is 0 Å². The molecule has 1 unspecified atom stereocenters. The van der Waals surface area contributed by atoms with Crippen molar-refractivity contribution in [1.29, 1.82) is 0 Å². The number of nitrogens with one attached hydrogen (secondary N) is 2. The van der Waals surface area contributed by atoms with Gasteiger partial charge in [-0.1, -0.05) is 12.1 Å². The van der Waals surface area contributed by atoms with Crippen LogP contribution < -0.4 is 10.7 Å². The molecule has 1 saturated heterocycles. The van der Waals surface area contributed by atoms with Gasteiger partial charge in [-0.3, -0.25) is 19.7 Å². The molecule has 1 aromatic rings. The minimum atomic E-state index is -0.743. The van der Waals surface area contributed by atoms with E-state index >= 15 is 0 Å². The summed E-state index contributed by atoms with van der Waals surface area (Å²) in [6.07, 6.45) is 1.24. The standard InChI is InChI=1S/C15H18N4O4/c1-9-5-6-11(8-13(9)19(22)23)10(2)17-18-15(21)12-4-3-7-16-14(12)20/h5-6,8,12H,3-4,7H2,1-2H3,(H,16,20)(H,18,21)/b17-10+. The zero-order valence-electron chi connectivity index (χ0n) is 13.0. The minimum absolute atomic E-state index is 0.00460. The molecule has 2 amide bonds. The number of carbonyl (C=O) groups excluding carboxylic acids is 2. The second-order valence-electron chi connectivity index (χ2n) is 5.42. The first-order valence-electron chi connectivity index (χ1n) is 7.27. The normalized spacial score (nSPS) is 18.3. The number of amides is 2. The number of nitro groups is 1. The molecule has 1 atom stereocenters. The van der Waals surface area contributed by atoms with E-state index in [1.165, 1.54) is 6.07 Å². The highest BCUT2D eigenvalue weighted by atomic mass is 16.6. The number of piperidine rings is 1. The van der Waals surface area contributed by atoms with Crippen LogP contribution in [0.25, 0.3) is 0 Å². The van der Waals surface area contributed by atoms with Gasteiger partial charge in [0.25, 0.3) is 11.6 Å². The van der Waals surface area contributed by atoms with Crippen molar-refractivity contribution >= 4 is 23.2 Å². The molecule has 8 nitrogen and oxygen atoms in total. The van der Waals surface area contributed by atoms with Gasteiger partial charge in [-0.25, -0.2) is 5.43 Å². The second-order valence-corrected chi connectivity index (χ2v) is 5.42. The fourth-order valence-electron chi connectivity index (χ4n) is 2.33. The van der Waals surface area contributed by atoms with Crippen molar-refractivity contribution in [2.24, 2.45) is 11.0 Å². The lowest BCUT2D eigenvalue weighted by atomic mass is 9.98. The quantitative estimate of drug-likeness (QED) is 0.376. The first kappa shape index (κ1) is 16.6. The SMILES string of the molecule is C/C(=N\NC(=O)C1CCCNC1=O)c1ccc(C)c([N+](=O)[O-])c1. The van der Waals surface area contributed by atoms with E-state index in [1.54, 1.807) is 26.0 Å². The lowest BCUT2D eigenvalue weighted by Gasteiger charge is -2.19. The number of hydrogen-bond acceptors (Lipinski definition) is 5. The molecule has 0 radical (unpaired) electrons. The van der Waals surface area contributed by atoms with Crippen LogP contribution in [0.2, 0.25) is 0 Å². The minimum Gasteiger partial charge on any atom is -0.355 e. The number of benzene rings is 1. The number of rotatable bonds is 4. The van der Waals surface area contributed by atoms with Crippen LogP contribution in [0.5, 0.6) is 0 Å². The summed E-state index contributed by atoms with van der Waals surface area (Å²) in [6.45, 7) is 3.87. The molecule has 8 heteroatoms. The summed E-state index contributed by atoms with van der Waals surface area (Å²) >= 11 is 0. The predicted octanol–water partition coefficient (Wildman–Crippen LogP) is 1.27. The summed E-state index contributed by atoms with van der Waals surface area (Å²) in [6, 6.07) is 4.73. The fourth-order valence-corrected chi connectivity index (χ4v) is 2.33. The van der Waals surface area contributed by atoms with E-state index in [0.29, 0.717) is 29.8 Å². The number of hydrogen-bond donors (Lipinski definition) is 2. The van der Waals surface area contributed by atoms with Crippen molar-refractivity contribution in [3.8, 4) is 0 Å². The van der Waals surface area contributed by atoms with Crippen molar-refractivity contribution in [3.63, 3.8) is 0 Å². The summed E-state index contributed by atoms with van der Waals surface area (Å²) in [7, 11) is 0. The summed E-state index contributed by atoms with van der Waals surface area (Å²) < 4.78 is 0. The molecular weight excluding hydrogens is 300 g/mol. The Kier molecular flexibility index (Phi) is 5.05. The van der Waals surface area contributed by atoms with Gasteiger partial charge in [0, 0.05) is 23.7 Å². The van der Waals surface area contributed by atoms with Crippen molar-refractivity contribution in [1.82, 2.24) is 10.7 Å². The van der Waals surface area contributed by atoms with Crippen LogP contribution in [0.4, 0.5) is 5.69 Å². The highest BCUT2D eigenvalue weighted by molar-refractivity contribution is 6.03. The van der Waals surface area contributed by atoms with Gasteiger partial charge in [-0.15, -0.1) is 0 Å². The number of aryl methyl sites for hydroxylation is 1. The van der Waals surface area contributed by atoms with Gasteiger partial charge < -0.3 is 5.32 Å². The maximum atomic E-state index is 12.0. The summed E-state index contributed by atoms with van der Waals surface area (Å²) in [5, 5.41) is 17.5. The Morgan fingerprint density at radius 3 is 2.87 bits per heavy atom. The van der Waals surface area contributed by atoms with Crippen molar-refractivity contribution in [2.75, 3.05) is 6.54 Å². The zero-order valence-corrected chi connectivity index (χ0v) is 13.0. The average Bonchev–Trinajstić information content (AvgIpc) is 2.52. The molecule has 0 aromatic heterocycles. The topological polar surface area (TPSA) is 114 Å². The summed E-state index contributed by atoms with van der Waals surface area (Å²) in [5.74, 6) is -1.51. The van der Waals surface area contributed by atoms with Gasteiger partial charge in [-0.2, -0.15) is 5.10 Å². The third-order valence-corrected chi connectivity index (χ3v) is 3.76. The third-order valence-electron chi connectivity index (χ3n) is 3.76. The Hall–Kier alpha value is -2.77. The molecule has 0 saturated carbocycles. The van der Waals surface area contributed by atoms with Gasteiger partial charge in [0.05, 0.1) is 10.6 Å². The molecule has 2 N–H and O–H groups in total. The molecule has 1 aromatic carbocycles. The fraction of sp³-hybridized carbons (Fsp3) is 0.400. The van der Waals surface area contributed by atoms with E-state index in [-0.39, 0.29) is 11.6 Å². The Bertz CT molecular complexity index is 684. The number of nitro benzene ring substituents is 1. The van der Waals surface area contributed by atoms with Crippen LogP contribution in [0, 0.1) is 23.0 Å². The van der Waals surface area contributed by atoms with Gasteiger partial charge in [0.15, 0.2) is 0 Å². The maximum absolute atomic E-state index is 12.0. The average molecular weight is 318 g/mol. The monoisotopic (exact) mass is 318 g/mol. The van der Waals surface area contributed by atoms with E-state index < -0.39 is 16.7 Å².